The number of ether oxygens (including phenoxy) is 1. The molecule has 0 aliphatic heterocycles. The maximum atomic E-state index is 11.7. The summed E-state index contributed by atoms with van der Waals surface area (Å²) in [5, 5.41) is 5.59. The summed E-state index contributed by atoms with van der Waals surface area (Å²) in [6.45, 7) is 7.73. The third-order valence-corrected chi connectivity index (χ3v) is 3.26. The van der Waals surface area contributed by atoms with E-state index >= 15 is 0 Å². The van der Waals surface area contributed by atoms with Crippen LogP contribution in [0.3, 0.4) is 0 Å². The molecule has 1 aromatic rings. The first-order valence-electron chi connectivity index (χ1n) is 7.84. The highest BCUT2D eigenvalue weighted by molar-refractivity contribution is 5.73. The van der Waals surface area contributed by atoms with E-state index in [1.54, 1.807) is 0 Å². The molecule has 124 valence electrons. The Morgan fingerprint density at radius 3 is 2.36 bits per heavy atom. The monoisotopic (exact) mass is 307 g/mol. The Balaban J connectivity index is 2.29. The van der Waals surface area contributed by atoms with Crippen molar-refractivity contribution in [3.8, 4) is 5.75 Å². The number of nitrogens with zero attached hydrogens (tertiary/aromatic N) is 1. The Labute approximate surface area is 134 Å². The summed E-state index contributed by atoms with van der Waals surface area (Å²) >= 11 is 0. The predicted molar refractivity (Wildman–Crippen MR) is 90.3 cm³/mol. The van der Waals surface area contributed by atoms with Crippen molar-refractivity contribution >= 4 is 6.03 Å². The minimum absolute atomic E-state index is 0.204. The van der Waals surface area contributed by atoms with Crippen LogP contribution in [0.15, 0.2) is 24.3 Å². The van der Waals surface area contributed by atoms with Crippen LogP contribution in [0, 0.1) is 0 Å². The maximum absolute atomic E-state index is 11.7. The van der Waals surface area contributed by atoms with E-state index in [1.165, 1.54) is 5.56 Å². The minimum atomic E-state index is -0.376. The second-order valence-electron chi connectivity index (χ2n) is 6.04. The zero-order valence-corrected chi connectivity index (χ0v) is 14.3. The highest BCUT2D eigenvalue weighted by Crippen LogP contribution is 2.19. The van der Waals surface area contributed by atoms with Gasteiger partial charge in [-0.2, -0.15) is 0 Å². The summed E-state index contributed by atoms with van der Waals surface area (Å²) in [4.78, 5) is 13.8. The predicted octanol–water partition coefficient (Wildman–Crippen LogP) is 2.79. The second kappa shape index (κ2) is 9.30. The van der Waals surface area contributed by atoms with E-state index in [4.69, 9.17) is 4.74 Å². The molecule has 0 heterocycles. The van der Waals surface area contributed by atoms with E-state index < -0.39 is 0 Å². The molecule has 0 aliphatic rings. The first-order chi connectivity index (χ1) is 10.4. The van der Waals surface area contributed by atoms with Gasteiger partial charge in [0.2, 0.25) is 0 Å². The summed E-state index contributed by atoms with van der Waals surface area (Å²) in [5.74, 6) is 1.25. The van der Waals surface area contributed by atoms with Gasteiger partial charge in [-0.3, -0.25) is 0 Å². The molecular weight excluding hydrogens is 278 g/mol. The smallest absolute Gasteiger partial charge is 0.317 e. The number of amides is 2. The van der Waals surface area contributed by atoms with Crippen LogP contribution in [0.5, 0.6) is 5.75 Å². The van der Waals surface area contributed by atoms with Crippen LogP contribution < -0.4 is 15.4 Å². The molecule has 5 nitrogen and oxygen atoms in total. The molecule has 0 saturated heterocycles. The Kier molecular flexibility index (Phi) is 7.74. The van der Waals surface area contributed by atoms with Gasteiger partial charge in [0, 0.05) is 6.54 Å². The molecule has 0 fully saturated rings. The number of urea groups is 1. The lowest BCUT2D eigenvalue weighted by Crippen LogP contribution is -2.43. The number of carbonyl (C=O) groups is 1. The number of nitrogens with one attached hydrogen (secondary N) is 2. The van der Waals surface area contributed by atoms with E-state index in [-0.39, 0.29) is 12.3 Å². The lowest BCUT2D eigenvalue weighted by atomic mass is 10.0. The first kappa shape index (κ1) is 18.3. The van der Waals surface area contributed by atoms with E-state index in [2.05, 4.69) is 29.4 Å². The topological polar surface area (TPSA) is 53.6 Å². The third-order valence-electron chi connectivity index (χ3n) is 3.26. The summed E-state index contributed by atoms with van der Waals surface area (Å²) in [6, 6.07) is 7.76. The average molecular weight is 307 g/mol. The highest BCUT2D eigenvalue weighted by Gasteiger charge is 2.08. The van der Waals surface area contributed by atoms with E-state index in [1.807, 2.05) is 45.3 Å². The molecule has 5 heteroatoms. The Morgan fingerprint density at radius 1 is 1.18 bits per heavy atom. The number of hydrogen-bond acceptors (Lipinski definition) is 3. The average Bonchev–Trinajstić information content (AvgIpc) is 2.43. The van der Waals surface area contributed by atoms with Crippen molar-refractivity contribution < 1.29 is 9.53 Å². The fourth-order valence-electron chi connectivity index (χ4n) is 2.00. The molecule has 2 amide bonds. The van der Waals surface area contributed by atoms with Gasteiger partial charge in [-0.1, -0.05) is 26.0 Å². The quantitative estimate of drug-likeness (QED) is 0.573. The molecule has 0 spiro atoms. The van der Waals surface area contributed by atoms with Crippen LogP contribution in [-0.4, -0.2) is 44.3 Å². The molecular formula is C17H29N3O2. The summed E-state index contributed by atoms with van der Waals surface area (Å²) in [6.07, 6.45) is 0.547. The van der Waals surface area contributed by atoms with Gasteiger partial charge < -0.3 is 20.3 Å². The van der Waals surface area contributed by atoms with Gasteiger partial charge in [0.25, 0.3) is 0 Å². The van der Waals surface area contributed by atoms with Crippen LogP contribution >= 0.6 is 0 Å². The molecule has 0 bridgehead atoms. The highest BCUT2D eigenvalue weighted by atomic mass is 16.5. The van der Waals surface area contributed by atoms with Crippen molar-refractivity contribution in [2.24, 2.45) is 0 Å². The first-order valence-corrected chi connectivity index (χ1v) is 7.84. The second-order valence-corrected chi connectivity index (χ2v) is 6.04. The summed E-state index contributed by atoms with van der Waals surface area (Å²) < 4.78 is 5.68. The van der Waals surface area contributed by atoms with Crippen molar-refractivity contribution in [1.29, 1.82) is 0 Å². The zero-order valence-electron chi connectivity index (χ0n) is 14.3. The van der Waals surface area contributed by atoms with Gasteiger partial charge in [0.1, 0.15) is 5.75 Å². The van der Waals surface area contributed by atoms with Gasteiger partial charge in [-0.05, 0) is 57.6 Å². The van der Waals surface area contributed by atoms with Gasteiger partial charge in [0.15, 0.2) is 6.23 Å². The van der Waals surface area contributed by atoms with Gasteiger partial charge in [-0.25, -0.2) is 4.79 Å². The van der Waals surface area contributed by atoms with Crippen molar-refractivity contribution in [3.05, 3.63) is 29.8 Å². The fraction of sp³-hybridized carbons (Fsp3) is 0.588. The van der Waals surface area contributed by atoms with Crippen LogP contribution in [0.2, 0.25) is 0 Å². The standard InChI is InChI=1S/C17H29N3O2/c1-13(2)15-7-9-16(10-8-15)22-14(3)19-17(21)18-11-6-12-20(4)5/h7-10,13-14H,6,11-12H2,1-5H3,(H2,18,19,21). The SMILES string of the molecule is CC(NC(=O)NCCCN(C)C)Oc1ccc(C(C)C)cc1. The number of benzene rings is 1. The van der Waals surface area contributed by atoms with Gasteiger partial charge >= 0.3 is 6.03 Å². The van der Waals surface area contributed by atoms with E-state index in [9.17, 15) is 4.79 Å². The largest absolute Gasteiger partial charge is 0.471 e. The van der Waals surface area contributed by atoms with Crippen LogP contribution in [-0.2, 0) is 0 Å². The third kappa shape index (κ3) is 7.31. The Morgan fingerprint density at radius 2 is 1.82 bits per heavy atom. The van der Waals surface area contributed by atoms with Gasteiger partial charge in [-0.15, -0.1) is 0 Å². The summed E-state index contributed by atoms with van der Waals surface area (Å²) in [5.41, 5.74) is 1.27. The van der Waals surface area contributed by atoms with Crippen LogP contribution in [0.4, 0.5) is 4.79 Å². The van der Waals surface area contributed by atoms with Crippen LogP contribution in [0.1, 0.15) is 38.7 Å². The zero-order chi connectivity index (χ0) is 16.5. The molecule has 1 rings (SSSR count). The number of rotatable bonds is 8. The molecule has 2 N–H and O–H groups in total. The van der Waals surface area contributed by atoms with Crippen molar-refractivity contribution in [1.82, 2.24) is 15.5 Å². The summed E-state index contributed by atoms with van der Waals surface area (Å²) in [7, 11) is 4.03. The lowest BCUT2D eigenvalue weighted by Gasteiger charge is -2.17. The molecule has 1 unspecified atom stereocenters. The van der Waals surface area contributed by atoms with E-state index in [0.717, 1.165) is 18.7 Å². The Hall–Kier alpha value is -1.75. The molecule has 0 saturated carbocycles. The molecule has 0 radical (unpaired) electrons. The normalized spacial score (nSPS) is 12.3. The maximum Gasteiger partial charge on any atom is 0.317 e. The number of carbonyl (C=O) groups excluding carboxylic acids is 1. The lowest BCUT2D eigenvalue weighted by molar-refractivity contribution is 0.177. The van der Waals surface area contributed by atoms with Crippen molar-refractivity contribution in [2.75, 3.05) is 27.2 Å². The molecule has 1 aromatic carbocycles. The Bertz CT molecular complexity index is 444. The van der Waals surface area contributed by atoms with Crippen LogP contribution in [0.25, 0.3) is 0 Å². The van der Waals surface area contributed by atoms with Crippen molar-refractivity contribution in [2.45, 2.75) is 39.3 Å². The molecule has 0 aromatic heterocycles. The minimum Gasteiger partial charge on any atom is -0.471 e. The molecule has 0 aliphatic carbocycles. The molecule has 1 atom stereocenters. The molecule has 22 heavy (non-hydrogen) atoms. The fourth-order valence-corrected chi connectivity index (χ4v) is 2.00. The number of hydrogen-bond donors (Lipinski definition) is 2. The van der Waals surface area contributed by atoms with Gasteiger partial charge in [0.05, 0.1) is 0 Å². The van der Waals surface area contributed by atoms with Crippen molar-refractivity contribution in [3.63, 3.8) is 0 Å². The van der Waals surface area contributed by atoms with E-state index in [0.29, 0.717) is 12.5 Å².